The molecule has 0 spiro atoms. The number of methoxy groups -OCH3 is 1. The number of aromatic nitrogens is 1. The lowest BCUT2D eigenvalue weighted by atomic mass is 10.2. The van der Waals surface area contributed by atoms with E-state index in [1.165, 1.54) is 5.56 Å². The lowest BCUT2D eigenvalue weighted by Crippen LogP contribution is -2.40. The van der Waals surface area contributed by atoms with Crippen molar-refractivity contribution in [3.05, 3.63) is 59.9 Å². The predicted molar refractivity (Wildman–Crippen MR) is 100 cm³/mol. The molecular weight excluding hydrogens is 314 g/mol. The number of hydrogen-bond acceptors (Lipinski definition) is 3. The van der Waals surface area contributed by atoms with Gasteiger partial charge in [0.2, 0.25) is 5.91 Å². The summed E-state index contributed by atoms with van der Waals surface area (Å²) in [6, 6.07) is 14.5. The van der Waals surface area contributed by atoms with Gasteiger partial charge in [0.1, 0.15) is 0 Å². The van der Waals surface area contributed by atoms with E-state index in [-0.39, 0.29) is 5.91 Å². The number of nitrogens with zero attached hydrogens (tertiary/aromatic N) is 2. The van der Waals surface area contributed by atoms with Crippen LogP contribution in [-0.2, 0) is 22.6 Å². The Balaban J connectivity index is 2.02. The molecule has 1 N–H and O–H groups in total. The molecule has 2 rings (SSSR count). The first-order valence-electron chi connectivity index (χ1n) is 8.90. The number of amides is 1. The van der Waals surface area contributed by atoms with Crippen LogP contribution < -0.4 is 5.32 Å². The molecule has 5 nitrogen and oxygen atoms in total. The summed E-state index contributed by atoms with van der Waals surface area (Å²) in [7, 11) is 1.66. The molecule has 1 aromatic carbocycles. The summed E-state index contributed by atoms with van der Waals surface area (Å²) in [6.45, 7) is 5.86. The Hall–Kier alpha value is -2.11. The van der Waals surface area contributed by atoms with Crippen LogP contribution >= 0.6 is 0 Å². The Labute approximate surface area is 150 Å². The van der Waals surface area contributed by atoms with Gasteiger partial charge in [-0.3, -0.25) is 4.79 Å². The molecule has 0 radical (unpaired) electrons. The standard InChI is InChI=1S/C20H29N3O2/c1-3-11-21-15-20(24)23(13-14-25-2)17-19-10-7-12-22(19)16-18-8-5-4-6-9-18/h4-10,12,21H,3,11,13-17H2,1-2H3. The summed E-state index contributed by atoms with van der Waals surface area (Å²) in [6.07, 6.45) is 3.09. The van der Waals surface area contributed by atoms with Gasteiger partial charge in [0.25, 0.3) is 0 Å². The molecule has 1 amide bonds. The van der Waals surface area contributed by atoms with Gasteiger partial charge < -0.3 is 19.5 Å². The van der Waals surface area contributed by atoms with Crippen molar-refractivity contribution in [2.45, 2.75) is 26.4 Å². The minimum absolute atomic E-state index is 0.109. The number of benzene rings is 1. The molecule has 0 unspecified atom stereocenters. The van der Waals surface area contributed by atoms with Crippen molar-refractivity contribution in [1.82, 2.24) is 14.8 Å². The summed E-state index contributed by atoms with van der Waals surface area (Å²) in [5.41, 5.74) is 2.38. The molecule has 1 heterocycles. The number of nitrogens with one attached hydrogen (secondary N) is 1. The van der Waals surface area contributed by atoms with Crippen LogP contribution in [0.2, 0.25) is 0 Å². The number of carbonyl (C=O) groups is 1. The second kappa shape index (κ2) is 10.7. The van der Waals surface area contributed by atoms with Gasteiger partial charge in [-0.2, -0.15) is 0 Å². The molecule has 0 atom stereocenters. The maximum atomic E-state index is 12.5. The van der Waals surface area contributed by atoms with Gasteiger partial charge >= 0.3 is 0 Å². The van der Waals surface area contributed by atoms with E-state index < -0.39 is 0 Å². The van der Waals surface area contributed by atoms with E-state index in [2.05, 4.69) is 41.2 Å². The van der Waals surface area contributed by atoms with Crippen LogP contribution in [0.5, 0.6) is 0 Å². The van der Waals surface area contributed by atoms with Gasteiger partial charge in [0.05, 0.1) is 19.7 Å². The average molecular weight is 343 g/mol. The number of rotatable bonds is 11. The summed E-state index contributed by atoms with van der Waals surface area (Å²) in [5, 5.41) is 3.19. The monoisotopic (exact) mass is 343 g/mol. The fourth-order valence-electron chi connectivity index (χ4n) is 2.70. The highest BCUT2D eigenvalue weighted by Gasteiger charge is 2.15. The van der Waals surface area contributed by atoms with E-state index in [0.29, 0.717) is 26.2 Å². The zero-order chi connectivity index (χ0) is 17.9. The Bertz CT molecular complexity index is 625. The molecule has 25 heavy (non-hydrogen) atoms. The van der Waals surface area contributed by atoms with Crippen LogP contribution in [-0.4, -0.2) is 48.7 Å². The van der Waals surface area contributed by atoms with Gasteiger partial charge in [0, 0.05) is 32.1 Å². The zero-order valence-electron chi connectivity index (χ0n) is 15.3. The van der Waals surface area contributed by atoms with E-state index in [0.717, 1.165) is 25.2 Å². The first-order valence-corrected chi connectivity index (χ1v) is 8.90. The first kappa shape index (κ1) is 19.2. The van der Waals surface area contributed by atoms with Crippen LogP contribution in [0, 0.1) is 0 Å². The van der Waals surface area contributed by atoms with E-state index in [1.54, 1.807) is 7.11 Å². The highest BCUT2D eigenvalue weighted by atomic mass is 16.5. The third-order valence-corrected chi connectivity index (χ3v) is 4.09. The van der Waals surface area contributed by atoms with Gasteiger partial charge in [-0.05, 0) is 30.7 Å². The smallest absolute Gasteiger partial charge is 0.236 e. The van der Waals surface area contributed by atoms with Crippen molar-refractivity contribution in [3.63, 3.8) is 0 Å². The van der Waals surface area contributed by atoms with Crippen LogP contribution in [0.3, 0.4) is 0 Å². The van der Waals surface area contributed by atoms with E-state index in [9.17, 15) is 4.79 Å². The fraction of sp³-hybridized carbons (Fsp3) is 0.450. The molecule has 0 saturated heterocycles. The third kappa shape index (κ3) is 6.36. The Morgan fingerprint density at radius 2 is 2.00 bits per heavy atom. The fourth-order valence-corrected chi connectivity index (χ4v) is 2.70. The molecule has 0 aliphatic heterocycles. The van der Waals surface area contributed by atoms with Gasteiger partial charge in [0.15, 0.2) is 0 Å². The van der Waals surface area contributed by atoms with Crippen LogP contribution in [0.25, 0.3) is 0 Å². The topological polar surface area (TPSA) is 46.5 Å². The van der Waals surface area contributed by atoms with Crippen molar-refractivity contribution < 1.29 is 9.53 Å². The Morgan fingerprint density at radius 1 is 1.20 bits per heavy atom. The van der Waals surface area contributed by atoms with E-state index in [1.807, 2.05) is 29.2 Å². The van der Waals surface area contributed by atoms with Crippen molar-refractivity contribution in [3.8, 4) is 0 Å². The van der Waals surface area contributed by atoms with E-state index >= 15 is 0 Å². The molecule has 1 aromatic heterocycles. The molecular formula is C20H29N3O2. The van der Waals surface area contributed by atoms with Gasteiger partial charge in [-0.1, -0.05) is 37.3 Å². The second-order valence-corrected chi connectivity index (χ2v) is 6.10. The maximum Gasteiger partial charge on any atom is 0.236 e. The second-order valence-electron chi connectivity index (χ2n) is 6.10. The highest BCUT2D eigenvalue weighted by Crippen LogP contribution is 2.11. The van der Waals surface area contributed by atoms with Crippen molar-refractivity contribution in [2.75, 3.05) is 33.4 Å². The molecule has 0 aliphatic carbocycles. The number of carbonyl (C=O) groups excluding carboxylic acids is 1. The number of hydrogen-bond donors (Lipinski definition) is 1. The van der Waals surface area contributed by atoms with Crippen LogP contribution in [0.1, 0.15) is 24.6 Å². The lowest BCUT2D eigenvalue weighted by molar-refractivity contribution is -0.131. The SMILES string of the molecule is CCCNCC(=O)N(CCOC)Cc1cccn1Cc1ccccc1. The summed E-state index contributed by atoms with van der Waals surface area (Å²) in [5.74, 6) is 0.109. The zero-order valence-corrected chi connectivity index (χ0v) is 15.3. The molecule has 2 aromatic rings. The quantitative estimate of drug-likeness (QED) is 0.638. The number of ether oxygens (including phenoxy) is 1. The van der Waals surface area contributed by atoms with Crippen molar-refractivity contribution >= 4 is 5.91 Å². The largest absolute Gasteiger partial charge is 0.383 e. The summed E-state index contributed by atoms with van der Waals surface area (Å²) >= 11 is 0. The molecule has 0 fully saturated rings. The highest BCUT2D eigenvalue weighted by molar-refractivity contribution is 5.78. The average Bonchev–Trinajstić information content (AvgIpc) is 3.06. The molecule has 136 valence electrons. The lowest BCUT2D eigenvalue weighted by Gasteiger charge is -2.23. The normalized spacial score (nSPS) is 10.8. The molecule has 5 heteroatoms. The molecule has 0 bridgehead atoms. The van der Waals surface area contributed by atoms with Crippen LogP contribution in [0.15, 0.2) is 48.7 Å². The minimum Gasteiger partial charge on any atom is -0.383 e. The van der Waals surface area contributed by atoms with E-state index in [4.69, 9.17) is 4.74 Å². The molecule has 0 saturated carbocycles. The Kier molecular flexibility index (Phi) is 8.22. The van der Waals surface area contributed by atoms with Crippen molar-refractivity contribution in [2.24, 2.45) is 0 Å². The van der Waals surface area contributed by atoms with Gasteiger partial charge in [-0.15, -0.1) is 0 Å². The molecule has 0 aliphatic rings. The Morgan fingerprint density at radius 3 is 2.72 bits per heavy atom. The summed E-state index contributed by atoms with van der Waals surface area (Å²) in [4.78, 5) is 14.4. The first-order chi connectivity index (χ1) is 12.2. The maximum absolute atomic E-state index is 12.5. The third-order valence-electron chi connectivity index (χ3n) is 4.09. The minimum atomic E-state index is 0.109. The predicted octanol–water partition coefficient (Wildman–Crippen LogP) is 2.51. The van der Waals surface area contributed by atoms with Crippen molar-refractivity contribution in [1.29, 1.82) is 0 Å². The van der Waals surface area contributed by atoms with Crippen LogP contribution in [0.4, 0.5) is 0 Å². The van der Waals surface area contributed by atoms with Gasteiger partial charge in [-0.25, -0.2) is 0 Å². The summed E-state index contributed by atoms with van der Waals surface area (Å²) < 4.78 is 7.37.